The molecule has 2 aromatic carbocycles. The number of halogens is 5. The molecule has 30 heavy (non-hydrogen) atoms. The van der Waals surface area contributed by atoms with Crippen LogP contribution >= 0.6 is 11.6 Å². The van der Waals surface area contributed by atoms with Gasteiger partial charge in [-0.05, 0) is 36.5 Å². The SMILES string of the molecule is C=CCOc1c(F)c(F)c(N=Cc2cc(Cl)cc(C3CCCCC3)c2O)c(F)c1F. The van der Waals surface area contributed by atoms with Gasteiger partial charge in [-0.1, -0.05) is 43.5 Å². The van der Waals surface area contributed by atoms with E-state index < -0.39 is 34.7 Å². The number of aliphatic imine (C=N–C) groups is 1. The van der Waals surface area contributed by atoms with E-state index >= 15 is 0 Å². The van der Waals surface area contributed by atoms with E-state index in [9.17, 15) is 22.7 Å². The average molecular weight is 442 g/mol. The molecule has 3 nitrogen and oxygen atoms in total. The molecule has 0 heterocycles. The van der Waals surface area contributed by atoms with Crippen LogP contribution in [0.4, 0.5) is 23.2 Å². The maximum Gasteiger partial charge on any atom is 0.206 e. The molecule has 0 saturated heterocycles. The molecule has 1 fully saturated rings. The van der Waals surface area contributed by atoms with Crippen LogP contribution in [0, 0.1) is 23.3 Å². The quantitative estimate of drug-likeness (QED) is 0.228. The van der Waals surface area contributed by atoms with Crippen LogP contribution in [-0.4, -0.2) is 17.9 Å². The summed E-state index contributed by atoms with van der Waals surface area (Å²) in [6.45, 7) is 2.96. The van der Waals surface area contributed by atoms with Crippen molar-refractivity contribution in [1.29, 1.82) is 0 Å². The van der Waals surface area contributed by atoms with E-state index in [4.69, 9.17) is 11.6 Å². The lowest BCUT2D eigenvalue weighted by Crippen LogP contribution is -2.06. The zero-order valence-electron chi connectivity index (χ0n) is 16.0. The van der Waals surface area contributed by atoms with Gasteiger partial charge in [-0.3, -0.25) is 0 Å². The van der Waals surface area contributed by atoms with Crippen LogP contribution in [0.25, 0.3) is 0 Å². The van der Waals surface area contributed by atoms with Crippen LogP contribution < -0.4 is 4.74 Å². The number of phenols is 1. The number of ether oxygens (including phenoxy) is 1. The normalized spacial score (nSPS) is 15.0. The zero-order chi connectivity index (χ0) is 21.8. The maximum absolute atomic E-state index is 14.3. The second-order valence-electron chi connectivity index (χ2n) is 7.06. The molecule has 0 aromatic heterocycles. The summed E-state index contributed by atoms with van der Waals surface area (Å²) in [4.78, 5) is 3.56. The van der Waals surface area contributed by atoms with Crippen LogP contribution in [0.15, 0.2) is 29.8 Å². The van der Waals surface area contributed by atoms with Gasteiger partial charge in [0, 0.05) is 16.8 Å². The first-order chi connectivity index (χ1) is 14.3. The molecule has 0 atom stereocenters. The van der Waals surface area contributed by atoms with Crippen molar-refractivity contribution in [2.45, 2.75) is 38.0 Å². The molecule has 1 N–H and O–H groups in total. The van der Waals surface area contributed by atoms with Gasteiger partial charge in [0.15, 0.2) is 17.4 Å². The largest absolute Gasteiger partial charge is 0.507 e. The van der Waals surface area contributed by atoms with E-state index in [0.29, 0.717) is 10.6 Å². The van der Waals surface area contributed by atoms with Gasteiger partial charge >= 0.3 is 0 Å². The van der Waals surface area contributed by atoms with Gasteiger partial charge in [0.25, 0.3) is 0 Å². The molecule has 0 spiro atoms. The lowest BCUT2D eigenvalue weighted by atomic mass is 9.83. The molecule has 8 heteroatoms. The Hall–Kier alpha value is -2.54. The molecule has 0 aliphatic heterocycles. The van der Waals surface area contributed by atoms with Crippen molar-refractivity contribution in [1.82, 2.24) is 0 Å². The van der Waals surface area contributed by atoms with Crippen molar-refractivity contribution in [3.8, 4) is 11.5 Å². The second kappa shape index (κ2) is 9.51. The molecule has 1 aliphatic carbocycles. The summed E-state index contributed by atoms with van der Waals surface area (Å²) in [6, 6.07) is 3.01. The predicted molar refractivity (Wildman–Crippen MR) is 108 cm³/mol. The van der Waals surface area contributed by atoms with E-state index in [1.54, 1.807) is 6.07 Å². The van der Waals surface area contributed by atoms with Crippen molar-refractivity contribution in [2.75, 3.05) is 6.61 Å². The van der Waals surface area contributed by atoms with Crippen LogP contribution in [0.2, 0.25) is 5.02 Å². The molecule has 0 unspecified atom stereocenters. The number of hydrogen-bond donors (Lipinski definition) is 1. The van der Waals surface area contributed by atoms with Crippen LogP contribution in [-0.2, 0) is 0 Å². The van der Waals surface area contributed by atoms with Gasteiger partial charge in [0.1, 0.15) is 18.0 Å². The maximum atomic E-state index is 14.3. The van der Waals surface area contributed by atoms with Gasteiger partial charge in [0.05, 0.1) is 0 Å². The van der Waals surface area contributed by atoms with Crippen molar-refractivity contribution < 1.29 is 27.4 Å². The van der Waals surface area contributed by atoms with Gasteiger partial charge < -0.3 is 9.84 Å². The minimum atomic E-state index is -1.71. The lowest BCUT2D eigenvalue weighted by Gasteiger charge is -2.23. The van der Waals surface area contributed by atoms with Crippen LogP contribution in [0.1, 0.15) is 49.1 Å². The highest BCUT2D eigenvalue weighted by Gasteiger charge is 2.27. The summed E-state index contributed by atoms with van der Waals surface area (Å²) in [6.07, 6.45) is 7.04. The standard InChI is InChI=1S/C22H20ClF4NO2/c1-2-8-30-22-18(26)16(24)20(17(25)19(22)27)28-11-13-9-14(23)10-15(21(13)29)12-6-4-3-5-7-12/h2,9-12,29H,1,3-8H2. The Morgan fingerprint density at radius 3 is 2.30 bits per heavy atom. The first-order valence-corrected chi connectivity index (χ1v) is 9.89. The third-order valence-corrected chi connectivity index (χ3v) is 5.28. The molecular weight excluding hydrogens is 422 g/mol. The van der Waals surface area contributed by atoms with Gasteiger partial charge in [-0.15, -0.1) is 0 Å². The molecule has 0 amide bonds. The first-order valence-electron chi connectivity index (χ1n) is 9.51. The summed E-state index contributed by atoms with van der Waals surface area (Å²) >= 11 is 6.14. The molecule has 0 radical (unpaired) electrons. The molecule has 2 aromatic rings. The molecule has 3 rings (SSSR count). The number of aromatic hydroxyl groups is 1. The summed E-state index contributed by atoms with van der Waals surface area (Å²) in [5, 5.41) is 10.9. The molecule has 0 bridgehead atoms. The van der Waals surface area contributed by atoms with Crippen LogP contribution in [0.5, 0.6) is 11.5 Å². The number of rotatable bonds is 6. The van der Waals surface area contributed by atoms with E-state index in [1.165, 1.54) is 12.1 Å². The van der Waals surface area contributed by atoms with Crippen molar-refractivity contribution >= 4 is 23.5 Å². The fourth-order valence-corrected chi connectivity index (χ4v) is 3.82. The summed E-state index contributed by atoms with van der Waals surface area (Å²) < 4.78 is 61.5. The highest BCUT2D eigenvalue weighted by Crippen LogP contribution is 2.40. The van der Waals surface area contributed by atoms with Gasteiger partial charge in [-0.2, -0.15) is 8.78 Å². The fourth-order valence-electron chi connectivity index (χ4n) is 3.58. The monoisotopic (exact) mass is 441 g/mol. The number of benzene rings is 2. The van der Waals surface area contributed by atoms with Crippen molar-refractivity contribution in [3.05, 3.63) is 64.2 Å². The first kappa shape index (κ1) is 22.2. The van der Waals surface area contributed by atoms with E-state index in [-0.39, 0.29) is 23.8 Å². The Bertz CT molecular complexity index is 959. The third kappa shape index (κ3) is 4.46. The molecular formula is C22H20ClF4NO2. The lowest BCUT2D eigenvalue weighted by molar-refractivity contribution is 0.303. The minimum Gasteiger partial charge on any atom is -0.507 e. The number of nitrogens with zero attached hydrogens (tertiary/aromatic N) is 1. The Balaban J connectivity index is 2.00. The third-order valence-electron chi connectivity index (χ3n) is 5.06. The Kier molecular flexibility index (Phi) is 7.02. The van der Waals surface area contributed by atoms with E-state index in [2.05, 4.69) is 16.3 Å². The number of phenolic OH excluding ortho intramolecular Hbond substituents is 1. The predicted octanol–water partition coefficient (Wildman–Crippen LogP) is 6.97. The molecule has 1 saturated carbocycles. The Morgan fingerprint density at radius 1 is 1.07 bits per heavy atom. The summed E-state index contributed by atoms with van der Waals surface area (Å²) in [5.41, 5.74) is -0.459. The smallest absolute Gasteiger partial charge is 0.206 e. The van der Waals surface area contributed by atoms with E-state index in [0.717, 1.165) is 38.3 Å². The minimum absolute atomic E-state index is 0.0923. The Labute approximate surface area is 176 Å². The van der Waals surface area contributed by atoms with Gasteiger partial charge in [-0.25, -0.2) is 13.8 Å². The topological polar surface area (TPSA) is 41.8 Å². The summed E-state index contributed by atoms with van der Waals surface area (Å²) in [5.74, 6) is -8.04. The highest BCUT2D eigenvalue weighted by molar-refractivity contribution is 6.31. The fraction of sp³-hybridized carbons (Fsp3) is 0.318. The van der Waals surface area contributed by atoms with E-state index in [1.807, 2.05) is 0 Å². The molecule has 160 valence electrons. The van der Waals surface area contributed by atoms with Crippen LogP contribution in [0.3, 0.4) is 0 Å². The average Bonchev–Trinajstić information content (AvgIpc) is 2.75. The summed E-state index contributed by atoms with van der Waals surface area (Å²) in [7, 11) is 0. The Morgan fingerprint density at radius 2 is 1.70 bits per heavy atom. The number of hydrogen-bond acceptors (Lipinski definition) is 3. The van der Waals surface area contributed by atoms with Gasteiger partial charge in [0.2, 0.25) is 11.6 Å². The zero-order valence-corrected chi connectivity index (χ0v) is 16.8. The molecule has 1 aliphatic rings. The highest BCUT2D eigenvalue weighted by atomic mass is 35.5. The van der Waals surface area contributed by atoms with Crippen molar-refractivity contribution in [3.63, 3.8) is 0 Å². The second-order valence-corrected chi connectivity index (χ2v) is 7.50. The van der Waals surface area contributed by atoms with Crippen molar-refractivity contribution in [2.24, 2.45) is 4.99 Å².